The molecule has 1 saturated carbocycles. The predicted molar refractivity (Wildman–Crippen MR) is 126 cm³/mol. The van der Waals surface area contributed by atoms with Crippen molar-refractivity contribution in [1.29, 1.82) is 0 Å². The molecular weight excluding hydrogens is 380 g/mol. The smallest absolute Gasteiger partial charge is 0.120 e. The summed E-state index contributed by atoms with van der Waals surface area (Å²) in [4.78, 5) is 5.27. The molecule has 162 valence electrons. The molecule has 0 aromatic heterocycles. The molecule has 1 heterocycles. The van der Waals surface area contributed by atoms with Crippen molar-refractivity contribution in [3.63, 3.8) is 0 Å². The third-order valence-corrected chi connectivity index (χ3v) is 7.68. The molecule has 4 rings (SSSR count). The van der Waals surface area contributed by atoms with E-state index in [0.29, 0.717) is 5.41 Å². The van der Waals surface area contributed by atoms with Crippen molar-refractivity contribution in [2.24, 2.45) is 11.3 Å². The van der Waals surface area contributed by atoms with Crippen molar-refractivity contribution in [3.05, 3.63) is 29.8 Å². The molecule has 4 heteroatoms. The van der Waals surface area contributed by atoms with Gasteiger partial charge in [-0.25, -0.2) is 0 Å². The molecule has 0 N–H and O–H groups in total. The lowest BCUT2D eigenvalue weighted by Gasteiger charge is -2.39. The molecule has 3 nitrogen and oxygen atoms in total. The van der Waals surface area contributed by atoms with Crippen LogP contribution in [0.3, 0.4) is 0 Å². The Kier molecular flexibility index (Phi) is 7.56. The fourth-order valence-electron chi connectivity index (χ4n) is 5.09. The van der Waals surface area contributed by atoms with Crippen molar-refractivity contribution in [3.8, 4) is 5.75 Å². The van der Waals surface area contributed by atoms with E-state index < -0.39 is 0 Å². The summed E-state index contributed by atoms with van der Waals surface area (Å²) in [6.45, 7) is 10.7. The Morgan fingerprint density at radius 3 is 2.34 bits per heavy atom. The Balaban J connectivity index is 0.00000240. The van der Waals surface area contributed by atoms with Crippen LogP contribution in [0, 0.1) is 11.3 Å². The fraction of sp³-hybridized carbons (Fsp3) is 0.680. The van der Waals surface area contributed by atoms with Crippen molar-refractivity contribution in [2.75, 3.05) is 44.7 Å². The zero-order chi connectivity index (χ0) is 19.6. The highest BCUT2D eigenvalue weighted by molar-refractivity contribution is 5.85. The number of allylic oxidation sites excluding steroid dienone is 2. The first-order valence-electron chi connectivity index (χ1n) is 11.5. The molecule has 0 spiro atoms. The molecule has 1 saturated heterocycles. The first-order chi connectivity index (χ1) is 13.7. The molecule has 1 aliphatic heterocycles. The van der Waals surface area contributed by atoms with E-state index >= 15 is 0 Å². The van der Waals surface area contributed by atoms with E-state index in [2.05, 4.69) is 47.9 Å². The van der Waals surface area contributed by atoms with E-state index in [1.807, 2.05) is 0 Å². The van der Waals surface area contributed by atoms with E-state index in [1.165, 1.54) is 75.8 Å². The number of ether oxygens (including phenoxy) is 1. The molecule has 1 aromatic rings. The van der Waals surface area contributed by atoms with Gasteiger partial charge in [-0.3, -0.25) is 4.90 Å². The second kappa shape index (κ2) is 9.75. The van der Waals surface area contributed by atoms with E-state index in [-0.39, 0.29) is 12.4 Å². The second-order valence-corrected chi connectivity index (χ2v) is 9.25. The van der Waals surface area contributed by atoms with E-state index in [1.54, 1.807) is 12.7 Å². The lowest BCUT2D eigenvalue weighted by atomic mass is 9.70. The standard InChI is InChI=1S/C25H38N2O.ClH/c1-4-25(5-2)12-10-21(11-13-25)23-9-8-22(28-3)18-24(23)27-16-14-26(15-17-27)19-20-6-7-20;/h8-10,18,20H,4-7,11-17,19H2,1-3H3;1H. The number of rotatable bonds is 7. The highest BCUT2D eigenvalue weighted by Crippen LogP contribution is 2.45. The minimum Gasteiger partial charge on any atom is -0.497 e. The molecule has 0 atom stereocenters. The van der Waals surface area contributed by atoms with Gasteiger partial charge in [0.25, 0.3) is 0 Å². The summed E-state index contributed by atoms with van der Waals surface area (Å²) >= 11 is 0. The van der Waals surface area contributed by atoms with Crippen LogP contribution < -0.4 is 9.64 Å². The van der Waals surface area contributed by atoms with E-state index in [0.717, 1.165) is 24.8 Å². The molecule has 29 heavy (non-hydrogen) atoms. The Morgan fingerprint density at radius 1 is 1.07 bits per heavy atom. The van der Waals surface area contributed by atoms with Crippen LogP contribution in [-0.4, -0.2) is 44.7 Å². The molecule has 0 radical (unpaired) electrons. The fourth-order valence-corrected chi connectivity index (χ4v) is 5.09. The van der Waals surface area contributed by atoms with Gasteiger partial charge < -0.3 is 9.64 Å². The van der Waals surface area contributed by atoms with Gasteiger partial charge in [0.15, 0.2) is 0 Å². The molecule has 2 fully saturated rings. The molecule has 1 aromatic carbocycles. The van der Waals surface area contributed by atoms with E-state index in [9.17, 15) is 0 Å². The number of nitrogens with zero attached hydrogens (tertiary/aromatic N) is 2. The van der Waals surface area contributed by atoms with Crippen LogP contribution in [0.25, 0.3) is 5.57 Å². The van der Waals surface area contributed by atoms with Crippen molar-refractivity contribution >= 4 is 23.7 Å². The number of methoxy groups -OCH3 is 1. The van der Waals surface area contributed by atoms with Crippen LogP contribution in [0.15, 0.2) is 24.3 Å². The zero-order valence-corrected chi connectivity index (χ0v) is 19.4. The maximum atomic E-state index is 5.58. The van der Waals surface area contributed by atoms with Crippen LogP contribution in [0.1, 0.15) is 64.4 Å². The average molecular weight is 419 g/mol. The van der Waals surface area contributed by atoms with Gasteiger partial charge in [0.05, 0.1) is 7.11 Å². The maximum Gasteiger partial charge on any atom is 0.120 e. The summed E-state index contributed by atoms with van der Waals surface area (Å²) < 4.78 is 5.58. The number of hydrogen-bond donors (Lipinski definition) is 0. The van der Waals surface area contributed by atoms with Crippen molar-refractivity contribution in [1.82, 2.24) is 4.90 Å². The summed E-state index contributed by atoms with van der Waals surface area (Å²) in [5, 5.41) is 0. The Labute approximate surface area is 183 Å². The van der Waals surface area contributed by atoms with Gasteiger partial charge in [-0.15, -0.1) is 12.4 Å². The summed E-state index contributed by atoms with van der Waals surface area (Å²) in [5.41, 5.74) is 4.91. The predicted octanol–water partition coefficient (Wildman–Crippen LogP) is 6.02. The molecule has 3 aliphatic rings. The third kappa shape index (κ3) is 5.11. The highest BCUT2D eigenvalue weighted by Gasteiger charge is 2.30. The SMILES string of the molecule is CCC1(CC)CC=C(c2ccc(OC)cc2N2CCN(CC3CC3)CC2)CC1.Cl. The molecule has 2 aliphatic carbocycles. The average Bonchev–Trinajstić information content (AvgIpc) is 3.58. The first-order valence-corrected chi connectivity index (χ1v) is 11.5. The third-order valence-electron chi connectivity index (χ3n) is 7.68. The van der Waals surface area contributed by atoms with Gasteiger partial charge in [-0.2, -0.15) is 0 Å². The van der Waals surface area contributed by atoms with Crippen molar-refractivity contribution in [2.45, 2.75) is 58.8 Å². The van der Waals surface area contributed by atoms with Crippen LogP contribution in [0.4, 0.5) is 5.69 Å². The molecule has 0 unspecified atom stereocenters. The van der Waals surface area contributed by atoms with Crippen LogP contribution in [0.2, 0.25) is 0 Å². The minimum absolute atomic E-state index is 0. The molecule has 0 amide bonds. The normalized spacial score (nSPS) is 22.0. The quantitative estimate of drug-likeness (QED) is 0.538. The van der Waals surface area contributed by atoms with Gasteiger partial charge in [-0.05, 0) is 61.1 Å². The highest BCUT2D eigenvalue weighted by atomic mass is 35.5. The summed E-state index contributed by atoms with van der Waals surface area (Å²) in [6.07, 6.45) is 11.8. The van der Waals surface area contributed by atoms with Crippen LogP contribution >= 0.6 is 12.4 Å². The van der Waals surface area contributed by atoms with Gasteiger partial charge in [0.2, 0.25) is 0 Å². The number of anilines is 1. The Morgan fingerprint density at radius 2 is 1.79 bits per heavy atom. The number of hydrogen-bond acceptors (Lipinski definition) is 3. The monoisotopic (exact) mass is 418 g/mol. The molecule has 0 bridgehead atoms. The van der Waals surface area contributed by atoms with Gasteiger partial charge in [-0.1, -0.05) is 32.8 Å². The number of piperazine rings is 1. The number of benzene rings is 1. The topological polar surface area (TPSA) is 15.7 Å². The van der Waals surface area contributed by atoms with Gasteiger partial charge >= 0.3 is 0 Å². The second-order valence-electron chi connectivity index (χ2n) is 9.25. The first kappa shape index (κ1) is 22.5. The van der Waals surface area contributed by atoms with E-state index in [4.69, 9.17) is 4.74 Å². The van der Waals surface area contributed by atoms with Crippen LogP contribution in [-0.2, 0) is 0 Å². The largest absolute Gasteiger partial charge is 0.497 e. The van der Waals surface area contributed by atoms with Crippen molar-refractivity contribution < 1.29 is 4.74 Å². The van der Waals surface area contributed by atoms with Crippen LogP contribution in [0.5, 0.6) is 5.75 Å². The Hall–Kier alpha value is -1.19. The summed E-state index contributed by atoms with van der Waals surface area (Å²) in [7, 11) is 1.78. The lowest BCUT2D eigenvalue weighted by molar-refractivity contribution is 0.238. The number of halogens is 1. The van der Waals surface area contributed by atoms with Gasteiger partial charge in [0, 0.05) is 50.0 Å². The molecular formula is C25H39ClN2O. The van der Waals surface area contributed by atoms with Gasteiger partial charge in [0.1, 0.15) is 5.75 Å². The minimum atomic E-state index is 0. The maximum absolute atomic E-state index is 5.58. The summed E-state index contributed by atoms with van der Waals surface area (Å²) in [5.74, 6) is 1.97. The Bertz CT molecular complexity index is 701. The summed E-state index contributed by atoms with van der Waals surface area (Å²) in [6, 6.07) is 6.72. The lowest BCUT2D eigenvalue weighted by Crippen LogP contribution is -2.47. The zero-order valence-electron chi connectivity index (χ0n) is 18.6.